The van der Waals surface area contributed by atoms with Gasteiger partial charge in [0.1, 0.15) is 0 Å². The molecule has 2 rings (SSSR count). The first-order chi connectivity index (χ1) is 10.6. The van der Waals surface area contributed by atoms with Crippen molar-refractivity contribution < 1.29 is 9.53 Å². The normalized spacial score (nSPS) is 21.8. The van der Waals surface area contributed by atoms with E-state index in [0.29, 0.717) is 6.54 Å². The van der Waals surface area contributed by atoms with E-state index in [9.17, 15) is 4.79 Å². The standard InChI is InChI=1S/C17H29N3O2/c1-5-14-13(15(6-2)20(4)19-14)11-18-17(21)12-9-8-10-22-16(12)7-3/h12,16H,5-11H2,1-4H3,(H,18,21). The van der Waals surface area contributed by atoms with Gasteiger partial charge in [-0.2, -0.15) is 5.10 Å². The van der Waals surface area contributed by atoms with E-state index in [-0.39, 0.29) is 17.9 Å². The summed E-state index contributed by atoms with van der Waals surface area (Å²) in [7, 11) is 1.98. The Hall–Kier alpha value is -1.36. The van der Waals surface area contributed by atoms with Gasteiger partial charge in [0.05, 0.1) is 17.7 Å². The van der Waals surface area contributed by atoms with Gasteiger partial charge in [-0.25, -0.2) is 0 Å². The molecular formula is C17H29N3O2. The van der Waals surface area contributed by atoms with Crippen LogP contribution < -0.4 is 5.32 Å². The van der Waals surface area contributed by atoms with E-state index in [2.05, 4.69) is 31.2 Å². The average molecular weight is 307 g/mol. The molecule has 1 aromatic rings. The van der Waals surface area contributed by atoms with Crippen LogP contribution in [0.4, 0.5) is 0 Å². The molecule has 0 spiro atoms. The SMILES string of the molecule is CCc1nn(C)c(CC)c1CNC(=O)C1CCCOC1CC. The quantitative estimate of drug-likeness (QED) is 0.878. The molecule has 2 atom stereocenters. The van der Waals surface area contributed by atoms with Gasteiger partial charge in [-0.3, -0.25) is 9.48 Å². The van der Waals surface area contributed by atoms with Crippen molar-refractivity contribution in [1.82, 2.24) is 15.1 Å². The molecule has 1 N–H and O–H groups in total. The number of nitrogens with one attached hydrogen (secondary N) is 1. The minimum Gasteiger partial charge on any atom is -0.377 e. The molecule has 1 aliphatic heterocycles. The Labute approximate surface area is 133 Å². The number of carbonyl (C=O) groups excluding carboxylic acids is 1. The van der Waals surface area contributed by atoms with Crippen LogP contribution in [0.2, 0.25) is 0 Å². The number of aromatic nitrogens is 2. The van der Waals surface area contributed by atoms with Crippen LogP contribution in [0.1, 0.15) is 57.0 Å². The van der Waals surface area contributed by atoms with Gasteiger partial charge in [-0.05, 0) is 32.1 Å². The Balaban J connectivity index is 2.04. The van der Waals surface area contributed by atoms with Gasteiger partial charge in [0, 0.05) is 31.5 Å². The van der Waals surface area contributed by atoms with Crippen molar-refractivity contribution in [2.75, 3.05) is 6.61 Å². The second kappa shape index (κ2) is 7.77. The van der Waals surface area contributed by atoms with Gasteiger partial charge in [-0.1, -0.05) is 20.8 Å². The Morgan fingerprint density at radius 2 is 2.14 bits per heavy atom. The molecule has 1 amide bonds. The third kappa shape index (κ3) is 3.51. The zero-order chi connectivity index (χ0) is 16.1. The smallest absolute Gasteiger partial charge is 0.226 e. The van der Waals surface area contributed by atoms with Crippen LogP contribution in [0.25, 0.3) is 0 Å². The van der Waals surface area contributed by atoms with Gasteiger partial charge < -0.3 is 10.1 Å². The Kier molecular flexibility index (Phi) is 6.00. The number of hydrogen-bond donors (Lipinski definition) is 1. The lowest BCUT2D eigenvalue weighted by molar-refractivity contribution is -0.134. The van der Waals surface area contributed by atoms with Gasteiger partial charge in [-0.15, -0.1) is 0 Å². The predicted molar refractivity (Wildman–Crippen MR) is 86.6 cm³/mol. The highest BCUT2D eigenvalue weighted by Crippen LogP contribution is 2.24. The van der Waals surface area contributed by atoms with Gasteiger partial charge in [0.15, 0.2) is 0 Å². The molecule has 1 aromatic heterocycles. The van der Waals surface area contributed by atoms with E-state index in [1.165, 1.54) is 11.3 Å². The van der Waals surface area contributed by atoms with Crippen LogP contribution in [0.3, 0.4) is 0 Å². The molecule has 2 heterocycles. The van der Waals surface area contributed by atoms with Crippen molar-refractivity contribution in [2.24, 2.45) is 13.0 Å². The number of aryl methyl sites for hydroxylation is 2. The summed E-state index contributed by atoms with van der Waals surface area (Å²) in [4.78, 5) is 12.5. The first-order valence-corrected chi connectivity index (χ1v) is 8.55. The fourth-order valence-electron chi connectivity index (χ4n) is 3.44. The lowest BCUT2D eigenvalue weighted by Gasteiger charge is -2.30. The number of ether oxygens (including phenoxy) is 1. The summed E-state index contributed by atoms with van der Waals surface area (Å²) in [5.74, 6) is 0.116. The Bertz CT molecular complexity index is 510. The molecule has 5 nitrogen and oxygen atoms in total. The second-order valence-corrected chi connectivity index (χ2v) is 5.99. The van der Waals surface area contributed by atoms with Crippen molar-refractivity contribution in [2.45, 2.75) is 65.5 Å². The van der Waals surface area contributed by atoms with E-state index < -0.39 is 0 Å². The minimum absolute atomic E-state index is 0.00873. The van der Waals surface area contributed by atoms with E-state index >= 15 is 0 Å². The molecule has 5 heteroatoms. The maximum absolute atomic E-state index is 12.5. The van der Waals surface area contributed by atoms with Crippen molar-refractivity contribution in [3.63, 3.8) is 0 Å². The van der Waals surface area contributed by atoms with Crippen LogP contribution in [0, 0.1) is 5.92 Å². The van der Waals surface area contributed by atoms with Crippen molar-refractivity contribution in [3.8, 4) is 0 Å². The van der Waals surface area contributed by atoms with E-state index in [4.69, 9.17) is 4.74 Å². The summed E-state index contributed by atoms with van der Waals surface area (Å²) < 4.78 is 7.67. The lowest BCUT2D eigenvalue weighted by atomic mass is 9.91. The number of rotatable bonds is 6. The Morgan fingerprint density at radius 3 is 2.77 bits per heavy atom. The summed E-state index contributed by atoms with van der Waals surface area (Å²) in [5, 5.41) is 7.69. The van der Waals surface area contributed by atoms with Crippen LogP contribution in [-0.4, -0.2) is 28.4 Å². The van der Waals surface area contributed by atoms with Gasteiger partial charge in [0.25, 0.3) is 0 Å². The average Bonchev–Trinajstić information content (AvgIpc) is 2.87. The summed E-state index contributed by atoms with van der Waals surface area (Å²) in [6.45, 7) is 7.68. The first-order valence-electron chi connectivity index (χ1n) is 8.55. The number of carbonyl (C=O) groups is 1. The van der Waals surface area contributed by atoms with Crippen LogP contribution in [0.5, 0.6) is 0 Å². The molecule has 0 aliphatic carbocycles. The highest BCUT2D eigenvalue weighted by Gasteiger charge is 2.30. The molecule has 0 radical (unpaired) electrons. The zero-order valence-electron chi connectivity index (χ0n) is 14.3. The summed E-state index contributed by atoms with van der Waals surface area (Å²) >= 11 is 0. The number of hydrogen-bond acceptors (Lipinski definition) is 3. The molecule has 0 aromatic carbocycles. The van der Waals surface area contributed by atoms with Crippen molar-refractivity contribution in [1.29, 1.82) is 0 Å². The number of nitrogens with zero attached hydrogens (tertiary/aromatic N) is 2. The molecule has 1 aliphatic rings. The maximum atomic E-state index is 12.5. The summed E-state index contributed by atoms with van der Waals surface area (Å²) in [6, 6.07) is 0. The van der Waals surface area contributed by atoms with Crippen molar-refractivity contribution >= 4 is 5.91 Å². The van der Waals surface area contributed by atoms with Crippen molar-refractivity contribution in [3.05, 3.63) is 17.0 Å². The second-order valence-electron chi connectivity index (χ2n) is 5.99. The number of amides is 1. The summed E-state index contributed by atoms with van der Waals surface area (Å²) in [5.41, 5.74) is 3.49. The Morgan fingerprint density at radius 1 is 1.36 bits per heavy atom. The van der Waals surface area contributed by atoms with E-state index in [1.54, 1.807) is 0 Å². The highest BCUT2D eigenvalue weighted by molar-refractivity contribution is 5.79. The minimum atomic E-state index is -0.00873. The van der Waals surface area contributed by atoms with Crippen LogP contribution >= 0.6 is 0 Å². The topological polar surface area (TPSA) is 56.2 Å². The van der Waals surface area contributed by atoms with Crippen LogP contribution in [0.15, 0.2) is 0 Å². The largest absolute Gasteiger partial charge is 0.377 e. The van der Waals surface area contributed by atoms with E-state index in [1.807, 2.05) is 11.7 Å². The monoisotopic (exact) mass is 307 g/mol. The molecule has 1 saturated heterocycles. The molecule has 22 heavy (non-hydrogen) atoms. The maximum Gasteiger partial charge on any atom is 0.226 e. The lowest BCUT2D eigenvalue weighted by Crippen LogP contribution is -2.41. The fourth-order valence-corrected chi connectivity index (χ4v) is 3.44. The van der Waals surface area contributed by atoms with Crippen LogP contribution in [-0.2, 0) is 36.0 Å². The molecular weight excluding hydrogens is 278 g/mol. The molecule has 1 fully saturated rings. The highest BCUT2D eigenvalue weighted by atomic mass is 16.5. The molecule has 124 valence electrons. The van der Waals surface area contributed by atoms with Gasteiger partial charge >= 0.3 is 0 Å². The van der Waals surface area contributed by atoms with E-state index in [0.717, 1.165) is 44.4 Å². The third-order valence-electron chi connectivity index (χ3n) is 4.65. The zero-order valence-corrected chi connectivity index (χ0v) is 14.3. The summed E-state index contributed by atoms with van der Waals surface area (Å²) in [6.07, 6.45) is 4.69. The predicted octanol–water partition coefficient (Wildman–Crippen LogP) is 2.37. The first kappa shape index (κ1) is 17.0. The molecule has 2 unspecified atom stereocenters. The third-order valence-corrected chi connectivity index (χ3v) is 4.65. The fraction of sp³-hybridized carbons (Fsp3) is 0.765. The van der Waals surface area contributed by atoms with Gasteiger partial charge in [0.2, 0.25) is 5.91 Å². The molecule has 0 bridgehead atoms. The molecule has 0 saturated carbocycles.